The van der Waals surface area contributed by atoms with Crippen molar-refractivity contribution in [1.29, 1.82) is 0 Å². The molecule has 20 heavy (non-hydrogen) atoms. The first kappa shape index (κ1) is 15.5. The highest BCUT2D eigenvalue weighted by Crippen LogP contribution is 2.30. The van der Waals surface area contributed by atoms with Crippen molar-refractivity contribution in [2.75, 3.05) is 20.1 Å². The lowest BCUT2D eigenvalue weighted by atomic mass is 10.0. The van der Waals surface area contributed by atoms with Crippen molar-refractivity contribution >= 4 is 10.0 Å². The fourth-order valence-corrected chi connectivity index (χ4v) is 4.64. The first-order valence-corrected chi connectivity index (χ1v) is 8.55. The molecule has 1 N–H and O–H groups in total. The molecule has 1 fully saturated rings. The van der Waals surface area contributed by atoms with Gasteiger partial charge < -0.3 is 5.32 Å². The standard InChI is InChI=1S/C15H24N2O2S/c1-11-9-17(10-12(11)2)20(18,19)15-7-5-6-14(8-16-4)13(15)3/h5-7,11-12,16H,8-10H2,1-4H3. The summed E-state index contributed by atoms with van der Waals surface area (Å²) in [5, 5.41) is 3.08. The van der Waals surface area contributed by atoms with Gasteiger partial charge in [0.05, 0.1) is 4.90 Å². The highest BCUT2D eigenvalue weighted by Gasteiger charge is 2.35. The molecule has 1 aliphatic rings. The van der Waals surface area contributed by atoms with Gasteiger partial charge in [-0.3, -0.25) is 0 Å². The van der Waals surface area contributed by atoms with Crippen LogP contribution in [-0.4, -0.2) is 32.9 Å². The summed E-state index contributed by atoms with van der Waals surface area (Å²) in [5.74, 6) is 0.844. The predicted molar refractivity (Wildman–Crippen MR) is 81.0 cm³/mol. The van der Waals surface area contributed by atoms with Gasteiger partial charge in [-0.05, 0) is 43.0 Å². The van der Waals surface area contributed by atoms with E-state index in [1.165, 1.54) is 0 Å². The van der Waals surface area contributed by atoms with Gasteiger partial charge in [0.15, 0.2) is 0 Å². The Morgan fingerprint density at radius 1 is 1.25 bits per heavy atom. The highest BCUT2D eigenvalue weighted by molar-refractivity contribution is 7.89. The van der Waals surface area contributed by atoms with Gasteiger partial charge in [-0.25, -0.2) is 8.42 Å². The Kier molecular flexibility index (Phi) is 4.52. The molecular weight excluding hydrogens is 272 g/mol. The van der Waals surface area contributed by atoms with E-state index >= 15 is 0 Å². The van der Waals surface area contributed by atoms with Gasteiger partial charge in [-0.1, -0.05) is 26.0 Å². The van der Waals surface area contributed by atoms with Gasteiger partial charge in [0.2, 0.25) is 10.0 Å². The van der Waals surface area contributed by atoms with Gasteiger partial charge >= 0.3 is 0 Å². The van der Waals surface area contributed by atoms with Crippen LogP contribution >= 0.6 is 0 Å². The minimum Gasteiger partial charge on any atom is -0.316 e. The Labute approximate surface area is 122 Å². The molecule has 0 aromatic heterocycles. The van der Waals surface area contributed by atoms with E-state index in [1.807, 2.05) is 26.1 Å². The number of rotatable bonds is 4. The largest absolute Gasteiger partial charge is 0.316 e. The molecule has 1 aromatic rings. The summed E-state index contributed by atoms with van der Waals surface area (Å²) in [6.07, 6.45) is 0. The van der Waals surface area contributed by atoms with Crippen molar-refractivity contribution in [2.45, 2.75) is 32.2 Å². The SMILES string of the molecule is CNCc1cccc(S(=O)(=O)N2CC(C)C(C)C2)c1C. The molecular formula is C15H24N2O2S. The molecule has 1 aromatic carbocycles. The topological polar surface area (TPSA) is 49.4 Å². The van der Waals surface area contributed by atoms with Crippen LogP contribution in [0.1, 0.15) is 25.0 Å². The van der Waals surface area contributed by atoms with Crippen molar-refractivity contribution in [2.24, 2.45) is 11.8 Å². The molecule has 1 aliphatic heterocycles. The Bertz CT molecular complexity index is 574. The molecule has 0 saturated carbocycles. The zero-order chi connectivity index (χ0) is 14.9. The fraction of sp³-hybridized carbons (Fsp3) is 0.600. The van der Waals surface area contributed by atoms with Crippen LogP contribution in [-0.2, 0) is 16.6 Å². The quantitative estimate of drug-likeness (QED) is 0.924. The van der Waals surface area contributed by atoms with Crippen molar-refractivity contribution in [3.05, 3.63) is 29.3 Å². The van der Waals surface area contributed by atoms with Crippen LogP contribution < -0.4 is 5.32 Å². The lowest BCUT2D eigenvalue weighted by molar-refractivity contribution is 0.462. The second-order valence-electron chi connectivity index (χ2n) is 5.85. The Balaban J connectivity index is 2.38. The van der Waals surface area contributed by atoms with Gasteiger partial charge in [-0.2, -0.15) is 4.31 Å². The van der Waals surface area contributed by atoms with E-state index in [9.17, 15) is 8.42 Å². The fourth-order valence-electron chi connectivity index (χ4n) is 2.73. The average Bonchev–Trinajstić information content (AvgIpc) is 2.73. The molecule has 2 atom stereocenters. The lowest BCUT2D eigenvalue weighted by Gasteiger charge is -2.19. The van der Waals surface area contributed by atoms with Crippen LogP contribution in [0.25, 0.3) is 0 Å². The molecule has 1 heterocycles. The summed E-state index contributed by atoms with van der Waals surface area (Å²) in [4.78, 5) is 0.451. The highest BCUT2D eigenvalue weighted by atomic mass is 32.2. The molecule has 5 heteroatoms. The molecule has 4 nitrogen and oxygen atoms in total. The minimum atomic E-state index is -3.37. The van der Waals surface area contributed by atoms with E-state index in [0.717, 1.165) is 11.1 Å². The van der Waals surface area contributed by atoms with E-state index in [1.54, 1.807) is 10.4 Å². The van der Waals surface area contributed by atoms with Crippen LogP contribution in [0.2, 0.25) is 0 Å². The summed E-state index contributed by atoms with van der Waals surface area (Å²) in [6.45, 7) is 8.05. The maximum absolute atomic E-state index is 12.8. The maximum Gasteiger partial charge on any atom is 0.243 e. The first-order chi connectivity index (χ1) is 9.37. The van der Waals surface area contributed by atoms with Gasteiger partial charge in [0.1, 0.15) is 0 Å². The number of nitrogens with one attached hydrogen (secondary N) is 1. The average molecular weight is 296 g/mol. The second kappa shape index (κ2) is 5.84. The molecule has 0 radical (unpaired) electrons. The summed E-state index contributed by atoms with van der Waals surface area (Å²) < 4.78 is 27.2. The third-order valence-corrected chi connectivity index (χ3v) is 6.31. The van der Waals surface area contributed by atoms with Crippen LogP contribution in [0.5, 0.6) is 0 Å². The van der Waals surface area contributed by atoms with Gasteiger partial charge in [0, 0.05) is 19.6 Å². The lowest BCUT2D eigenvalue weighted by Crippen LogP contribution is -2.30. The molecule has 1 saturated heterocycles. The van der Waals surface area contributed by atoms with Crippen molar-refractivity contribution < 1.29 is 8.42 Å². The van der Waals surface area contributed by atoms with Crippen molar-refractivity contribution in [3.8, 4) is 0 Å². The van der Waals surface area contributed by atoms with E-state index in [-0.39, 0.29) is 0 Å². The zero-order valence-corrected chi connectivity index (χ0v) is 13.5. The zero-order valence-electron chi connectivity index (χ0n) is 12.7. The summed E-state index contributed by atoms with van der Waals surface area (Å²) in [7, 11) is -1.50. The molecule has 2 rings (SSSR count). The van der Waals surface area contributed by atoms with E-state index in [4.69, 9.17) is 0 Å². The van der Waals surface area contributed by atoms with E-state index in [2.05, 4.69) is 19.2 Å². The maximum atomic E-state index is 12.8. The van der Waals surface area contributed by atoms with Crippen LogP contribution in [0, 0.1) is 18.8 Å². The normalized spacial score (nSPS) is 24.2. The summed E-state index contributed by atoms with van der Waals surface area (Å²) >= 11 is 0. The Morgan fingerprint density at radius 3 is 2.40 bits per heavy atom. The third kappa shape index (κ3) is 2.75. The van der Waals surface area contributed by atoms with Gasteiger partial charge in [-0.15, -0.1) is 0 Å². The van der Waals surface area contributed by atoms with Crippen LogP contribution in [0.3, 0.4) is 0 Å². The number of hydrogen-bond donors (Lipinski definition) is 1. The van der Waals surface area contributed by atoms with Crippen LogP contribution in [0.15, 0.2) is 23.1 Å². The smallest absolute Gasteiger partial charge is 0.243 e. The number of hydrogen-bond acceptors (Lipinski definition) is 3. The van der Waals surface area contributed by atoms with E-state index in [0.29, 0.717) is 36.4 Å². The van der Waals surface area contributed by atoms with E-state index < -0.39 is 10.0 Å². The van der Waals surface area contributed by atoms with Crippen molar-refractivity contribution in [3.63, 3.8) is 0 Å². The predicted octanol–water partition coefficient (Wildman–Crippen LogP) is 1.99. The molecule has 2 unspecified atom stereocenters. The summed E-state index contributed by atoms with van der Waals surface area (Å²) in [5.41, 5.74) is 1.89. The molecule has 0 spiro atoms. The minimum absolute atomic E-state index is 0.422. The number of sulfonamides is 1. The summed E-state index contributed by atoms with van der Waals surface area (Å²) in [6, 6.07) is 5.52. The van der Waals surface area contributed by atoms with Crippen LogP contribution in [0.4, 0.5) is 0 Å². The third-order valence-electron chi connectivity index (χ3n) is 4.34. The first-order valence-electron chi connectivity index (χ1n) is 7.11. The molecule has 0 amide bonds. The molecule has 0 aliphatic carbocycles. The number of nitrogens with zero attached hydrogens (tertiary/aromatic N) is 1. The molecule has 112 valence electrons. The number of benzene rings is 1. The Hall–Kier alpha value is -0.910. The van der Waals surface area contributed by atoms with Crippen molar-refractivity contribution in [1.82, 2.24) is 9.62 Å². The molecule has 0 bridgehead atoms. The second-order valence-corrected chi connectivity index (χ2v) is 7.75. The van der Waals surface area contributed by atoms with Gasteiger partial charge in [0.25, 0.3) is 0 Å². The monoisotopic (exact) mass is 296 g/mol. The Morgan fingerprint density at radius 2 is 1.85 bits per heavy atom.